The van der Waals surface area contributed by atoms with Crippen molar-refractivity contribution < 1.29 is 23.8 Å². The number of carbonyl (C=O) groups excluding carboxylic acids is 2. The number of rotatable bonds is 3. The van der Waals surface area contributed by atoms with Crippen molar-refractivity contribution in [2.75, 3.05) is 18.8 Å². The second-order valence-electron chi connectivity index (χ2n) is 5.42. The summed E-state index contributed by atoms with van der Waals surface area (Å²) in [4.78, 5) is 26.5. The van der Waals surface area contributed by atoms with E-state index in [9.17, 15) is 9.59 Å². The van der Waals surface area contributed by atoms with Crippen molar-refractivity contribution in [1.29, 1.82) is 0 Å². The fourth-order valence-corrected chi connectivity index (χ4v) is 3.72. The first kappa shape index (κ1) is 16.8. The van der Waals surface area contributed by atoms with E-state index in [1.54, 1.807) is 42.5 Å². The fraction of sp³-hybridized carbons (Fsp3) is 0.111. The minimum absolute atomic E-state index is 0.130. The van der Waals surface area contributed by atoms with Crippen LogP contribution in [0.4, 0.5) is 10.5 Å². The molecule has 2 aromatic rings. The molecule has 0 saturated carbocycles. The van der Waals surface area contributed by atoms with E-state index in [4.69, 9.17) is 25.8 Å². The number of benzene rings is 2. The maximum atomic E-state index is 12.8. The maximum absolute atomic E-state index is 12.8. The van der Waals surface area contributed by atoms with Crippen molar-refractivity contribution in [2.45, 2.75) is 0 Å². The fourth-order valence-electron chi connectivity index (χ4n) is 2.68. The second-order valence-corrected chi connectivity index (χ2v) is 6.82. The van der Waals surface area contributed by atoms with Gasteiger partial charge in [0.2, 0.25) is 6.79 Å². The molecule has 0 radical (unpaired) electrons. The molecular weight excluding hydrogens is 378 g/mol. The molecule has 2 aliphatic heterocycles. The first-order chi connectivity index (χ1) is 12.6. The third-order valence-electron chi connectivity index (χ3n) is 3.90. The Morgan fingerprint density at radius 3 is 2.65 bits per heavy atom. The Bertz CT molecular complexity index is 959. The number of hydrogen-bond acceptors (Lipinski definition) is 6. The minimum Gasteiger partial charge on any atom is -0.496 e. The van der Waals surface area contributed by atoms with Crippen LogP contribution in [0, 0.1) is 0 Å². The molecule has 6 nitrogen and oxygen atoms in total. The minimum atomic E-state index is -0.437. The molecule has 1 fully saturated rings. The van der Waals surface area contributed by atoms with Crippen molar-refractivity contribution >= 4 is 46.3 Å². The highest BCUT2D eigenvalue weighted by Crippen LogP contribution is 2.42. The van der Waals surface area contributed by atoms with Gasteiger partial charge in [-0.05, 0) is 36.0 Å². The maximum Gasteiger partial charge on any atom is 0.298 e. The number of halogens is 1. The lowest BCUT2D eigenvalue weighted by atomic mass is 10.1. The summed E-state index contributed by atoms with van der Waals surface area (Å²) >= 11 is 6.97. The van der Waals surface area contributed by atoms with E-state index in [-0.39, 0.29) is 11.7 Å². The first-order valence-electron chi connectivity index (χ1n) is 7.58. The predicted octanol–water partition coefficient (Wildman–Crippen LogP) is 4.32. The third kappa shape index (κ3) is 2.79. The van der Waals surface area contributed by atoms with Gasteiger partial charge < -0.3 is 14.2 Å². The Kier molecular flexibility index (Phi) is 4.26. The van der Waals surface area contributed by atoms with Gasteiger partial charge in [0.25, 0.3) is 11.1 Å². The van der Waals surface area contributed by atoms with Gasteiger partial charge in [-0.2, -0.15) is 0 Å². The Hall–Kier alpha value is -2.64. The van der Waals surface area contributed by atoms with Crippen LogP contribution in [0.5, 0.6) is 17.2 Å². The Labute approximate surface area is 158 Å². The normalized spacial score (nSPS) is 17.3. The van der Waals surface area contributed by atoms with E-state index in [1.807, 2.05) is 0 Å². The van der Waals surface area contributed by atoms with Crippen LogP contribution >= 0.6 is 23.4 Å². The largest absolute Gasteiger partial charge is 0.496 e. The number of ether oxygens (including phenoxy) is 3. The molecule has 1 saturated heterocycles. The molecule has 0 aliphatic carbocycles. The summed E-state index contributed by atoms with van der Waals surface area (Å²) in [6.45, 7) is 0.130. The van der Waals surface area contributed by atoms with Gasteiger partial charge in [-0.15, -0.1) is 0 Å². The quantitative estimate of drug-likeness (QED) is 0.728. The number of methoxy groups -OCH3 is 1. The summed E-state index contributed by atoms with van der Waals surface area (Å²) in [5.74, 6) is 1.21. The molecule has 0 spiro atoms. The van der Waals surface area contributed by atoms with Crippen LogP contribution in [0.3, 0.4) is 0 Å². The van der Waals surface area contributed by atoms with Crippen molar-refractivity contribution in [2.24, 2.45) is 0 Å². The van der Waals surface area contributed by atoms with E-state index in [0.717, 1.165) is 16.7 Å². The molecule has 26 heavy (non-hydrogen) atoms. The molecule has 132 valence electrons. The van der Waals surface area contributed by atoms with Gasteiger partial charge in [-0.1, -0.05) is 23.7 Å². The van der Waals surface area contributed by atoms with Crippen LogP contribution in [-0.2, 0) is 4.79 Å². The molecule has 2 amide bonds. The molecule has 2 heterocycles. The van der Waals surface area contributed by atoms with E-state index >= 15 is 0 Å². The van der Waals surface area contributed by atoms with Crippen LogP contribution < -0.4 is 19.1 Å². The van der Waals surface area contributed by atoms with Crippen molar-refractivity contribution in [3.8, 4) is 17.2 Å². The van der Waals surface area contributed by atoms with Gasteiger partial charge in [-0.3, -0.25) is 9.59 Å². The highest BCUT2D eigenvalue weighted by molar-refractivity contribution is 8.19. The number of fused-ring (bicyclic) bond motifs is 1. The van der Waals surface area contributed by atoms with Crippen LogP contribution in [0.25, 0.3) is 6.08 Å². The van der Waals surface area contributed by atoms with Gasteiger partial charge in [0.15, 0.2) is 11.5 Å². The van der Waals surface area contributed by atoms with Gasteiger partial charge in [0, 0.05) is 11.6 Å². The lowest BCUT2D eigenvalue weighted by molar-refractivity contribution is -0.113. The highest BCUT2D eigenvalue weighted by Gasteiger charge is 2.37. The second kappa shape index (κ2) is 6.59. The summed E-state index contributed by atoms with van der Waals surface area (Å²) in [5.41, 5.74) is 0.971. The summed E-state index contributed by atoms with van der Waals surface area (Å²) < 4.78 is 16.0. The van der Waals surface area contributed by atoms with Gasteiger partial charge in [-0.25, -0.2) is 4.90 Å². The first-order valence-corrected chi connectivity index (χ1v) is 8.78. The molecule has 0 aromatic heterocycles. The number of imide groups is 1. The zero-order valence-corrected chi connectivity index (χ0v) is 15.1. The lowest BCUT2D eigenvalue weighted by Gasteiger charge is -2.13. The Balaban J connectivity index is 1.72. The molecule has 0 N–H and O–H groups in total. The van der Waals surface area contributed by atoms with Gasteiger partial charge in [0.05, 0.1) is 22.7 Å². The average molecular weight is 390 g/mol. The van der Waals surface area contributed by atoms with Crippen molar-refractivity contribution in [3.05, 3.63) is 51.9 Å². The molecule has 2 aromatic carbocycles. The van der Waals surface area contributed by atoms with Gasteiger partial charge in [0.1, 0.15) is 5.75 Å². The number of carbonyl (C=O) groups is 2. The summed E-state index contributed by atoms with van der Waals surface area (Å²) in [6, 6.07) is 10.1. The van der Waals surface area contributed by atoms with Crippen molar-refractivity contribution in [1.82, 2.24) is 0 Å². The standard InChI is InChI=1S/C18H12ClNO5S/c1-23-13-8-15-14(24-9-25-15)6-10(13)7-16-17(21)20(18(22)26-16)12-5-3-2-4-11(12)19/h2-8H,9H2,1H3/b16-7+. The topological polar surface area (TPSA) is 65.1 Å². The molecule has 8 heteroatoms. The number of hydrogen-bond donors (Lipinski definition) is 0. The number of para-hydroxylation sites is 1. The van der Waals surface area contributed by atoms with E-state index in [1.165, 1.54) is 7.11 Å². The highest BCUT2D eigenvalue weighted by atomic mass is 35.5. The van der Waals surface area contributed by atoms with Crippen LogP contribution in [0.15, 0.2) is 41.3 Å². The van der Waals surface area contributed by atoms with Crippen LogP contribution in [0.2, 0.25) is 5.02 Å². The summed E-state index contributed by atoms with van der Waals surface area (Å²) in [6.07, 6.45) is 1.60. The number of nitrogens with zero attached hydrogens (tertiary/aromatic N) is 1. The number of anilines is 1. The molecule has 2 aliphatic rings. The smallest absolute Gasteiger partial charge is 0.298 e. The molecule has 0 bridgehead atoms. The summed E-state index contributed by atoms with van der Waals surface area (Å²) in [5, 5.41) is -0.0780. The molecule has 4 rings (SSSR count). The lowest BCUT2D eigenvalue weighted by Crippen LogP contribution is -2.27. The van der Waals surface area contributed by atoms with Crippen LogP contribution in [0.1, 0.15) is 5.56 Å². The SMILES string of the molecule is COc1cc2c(cc1/C=C1/SC(=O)N(c3ccccc3Cl)C1=O)OCO2. The van der Waals surface area contributed by atoms with E-state index in [2.05, 4.69) is 0 Å². The van der Waals surface area contributed by atoms with Gasteiger partial charge >= 0.3 is 0 Å². The summed E-state index contributed by atoms with van der Waals surface area (Å²) in [7, 11) is 1.52. The monoisotopic (exact) mass is 389 g/mol. The molecular formula is C18H12ClNO5S. The molecule has 0 atom stereocenters. The predicted molar refractivity (Wildman–Crippen MR) is 99.0 cm³/mol. The van der Waals surface area contributed by atoms with E-state index < -0.39 is 11.1 Å². The van der Waals surface area contributed by atoms with E-state index in [0.29, 0.717) is 33.5 Å². The molecule has 0 unspecified atom stereocenters. The zero-order valence-electron chi connectivity index (χ0n) is 13.5. The average Bonchev–Trinajstić information content (AvgIpc) is 3.19. The Morgan fingerprint density at radius 1 is 1.19 bits per heavy atom. The van der Waals surface area contributed by atoms with Crippen molar-refractivity contribution in [3.63, 3.8) is 0 Å². The number of thioether (sulfide) groups is 1. The zero-order chi connectivity index (χ0) is 18.3. The number of amides is 2. The van der Waals surface area contributed by atoms with Crippen LogP contribution in [-0.4, -0.2) is 25.0 Å². The Morgan fingerprint density at radius 2 is 1.92 bits per heavy atom. The third-order valence-corrected chi connectivity index (χ3v) is 5.09.